The van der Waals surface area contributed by atoms with Crippen molar-refractivity contribution in [2.45, 2.75) is 39.7 Å². The normalized spacial score (nSPS) is 16.5. The van der Waals surface area contributed by atoms with Crippen LogP contribution in [0, 0.1) is 11.2 Å². The summed E-state index contributed by atoms with van der Waals surface area (Å²) in [6, 6.07) is 5.85. The number of carbonyl (C=O) groups excluding carboxylic acids is 2. The Morgan fingerprint density at radius 1 is 1.23 bits per heavy atom. The van der Waals surface area contributed by atoms with Crippen LogP contribution in [0.25, 0.3) is 0 Å². The predicted octanol–water partition coefficient (Wildman–Crippen LogP) is 2.59. The molecule has 2 amide bonds. The summed E-state index contributed by atoms with van der Waals surface area (Å²) < 4.78 is 13.2. The molecule has 1 saturated heterocycles. The molecule has 120 valence electrons. The number of piperidine rings is 1. The van der Waals surface area contributed by atoms with Crippen molar-refractivity contribution in [1.82, 2.24) is 10.2 Å². The molecule has 22 heavy (non-hydrogen) atoms. The van der Waals surface area contributed by atoms with E-state index in [-0.39, 0.29) is 17.9 Å². The second kappa shape index (κ2) is 6.46. The number of benzene rings is 1. The highest BCUT2D eigenvalue weighted by atomic mass is 19.1. The molecular weight excluding hydrogens is 283 g/mol. The lowest BCUT2D eigenvalue weighted by Gasteiger charge is -2.33. The lowest BCUT2D eigenvalue weighted by Crippen LogP contribution is -2.49. The molecule has 0 unspecified atom stereocenters. The first-order valence-electron chi connectivity index (χ1n) is 7.63. The summed E-state index contributed by atoms with van der Waals surface area (Å²) in [7, 11) is 0. The van der Waals surface area contributed by atoms with Crippen molar-refractivity contribution in [2.75, 3.05) is 13.1 Å². The van der Waals surface area contributed by atoms with Gasteiger partial charge in [0.15, 0.2) is 0 Å². The van der Waals surface area contributed by atoms with Crippen LogP contribution in [0.2, 0.25) is 0 Å². The molecule has 0 saturated carbocycles. The van der Waals surface area contributed by atoms with Gasteiger partial charge >= 0.3 is 0 Å². The molecule has 1 heterocycles. The van der Waals surface area contributed by atoms with E-state index in [1.54, 1.807) is 17.0 Å². The second-order valence-corrected chi connectivity index (χ2v) is 6.80. The average Bonchev–Trinajstić information content (AvgIpc) is 2.46. The molecule has 0 spiro atoms. The molecule has 0 atom stereocenters. The fourth-order valence-corrected chi connectivity index (χ4v) is 2.43. The molecule has 1 aliphatic heterocycles. The van der Waals surface area contributed by atoms with Crippen LogP contribution in [-0.2, 0) is 4.79 Å². The standard InChI is InChI=1S/C17H23FN2O2/c1-17(2,3)16(22)19-14-7-9-20(10-8-14)15(21)12-5-4-6-13(18)11-12/h4-6,11,14H,7-10H2,1-3H3,(H,19,22). The van der Waals surface area contributed by atoms with Crippen molar-refractivity contribution in [3.63, 3.8) is 0 Å². The van der Waals surface area contributed by atoms with Gasteiger partial charge in [0, 0.05) is 30.1 Å². The van der Waals surface area contributed by atoms with Crippen molar-refractivity contribution in [3.8, 4) is 0 Å². The van der Waals surface area contributed by atoms with Gasteiger partial charge in [0.1, 0.15) is 5.82 Å². The lowest BCUT2D eigenvalue weighted by molar-refractivity contribution is -0.129. The third-order valence-electron chi connectivity index (χ3n) is 3.87. The van der Waals surface area contributed by atoms with Crippen molar-refractivity contribution < 1.29 is 14.0 Å². The monoisotopic (exact) mass is 306 g/mol. The number of likely N-dealkylation sites (tertiary alicyclic amines) is 1. The minimum absolute atomic E-state index is 0.0300. The molecule has 1 aliphatic rings. The topological polar surface area (TPSA) is 49.4 Å². The van der Waals surface area contributed by atoms with Crippen LogP contribution in [0.15, 0.2) is 24.3 Å². The average molecular weight is 306 g/mol. The molecule has 0 aliphatic carbocycles. The highest BCUT2D eigenvalue weighted by molar-refractivity contribution is 5.94. The maximum Gasteiger partial charge on any atom is 0.253 e. The third-order valence-corrected chi connectivity index (χ3v) is 3.87. The highest BCUT2D eigenvalue weighted by Crippen LogP contribution is 2.18. The summed E-state index contributed by atoms with van der Waals surface area (Å²) in [5.41, 5.74) is -0.0358. The number of nitrogens with one attached hydrogen (secondary N) is 1. The Morgan fingerprint density at radius 3 is 2.41 bits per heavy atom. The summed E-state index contributed by atoms with van der Waals surface area (Å²) in [5.74, 6) is -0.527. The Bertz CT molecular complexity index is 558. The van der Waals surface area contributed by atoms with E-state index in [0.717, 1.165) is 12.8 Å². The molecule has 5 heteroatoms. The number of halogens is 1. The number of carbonyl (C=O) groups is 2. The Kier molecular flexibility index (Phi) is 4.84. The maximum absolute atomic E-state index is 13.2. The van der Waals surface area contributed by atoms with Gasteiger partial charge in [0.25, 0.3) is 5.91 Å². The number of hydrogen-bond acceptors (Lipinski definition) is 2. The van der Waals surface area contributed by atoms with E-state index in [9.17, 15) is 14.0 Å². The Balaban J connectivity index is 1.89. The molecule has 4 nitrogen and oxygen atoms in total. The Labute approximate surface area is 130 Å². The summed E-state index contributed by atoms with van der Waals surface area (Å²) in [5, 5.41) is 3.03. The SMILES string of the molecule is CC(C)(C)C(=O)NC1CCN(C(=O)c2cccc(F)c2)CC1. The first kappa shape index (κ1) is 16.5. The summed E-state index contributed by atoms with van der Waals surface area (Å²) in [6.45, 7) is 6.79. The highest BCUT2D eigenvalue weighted by Gasteiger charge is 2.28. The van der Waals surface area contributed by atoms with E-state index in [2.05, 4.69) is 5.32 Å². The molecule has 0 bridgehead atoms. The van der Waals surface area contributed by atoms with Gasteiger partial charge in [-0.05, 0) is 31.0 Å². The van der Waals surface area contributed by atoms with Crippen LogP contribution in [0.4, 0.5) is 4.39 Å². The van der Waals surface area contributed by atoms with E-state index in [1.807, 2.05) is 20.8 Å². The first-order chi connectivity index (χ1) is 10.3. The van der Waals surface area contributed by atoms with E-state index >= 15 is 0 Å². The number of nitrogens with zero attached hydrogens (tertiary/aromatic N) is 1. The second-order valence-electron chi connectivity index (χ2n) is 6.80. The summed E-state index contributed by atoms with van der Waals surface area (Å²) in [4.78, 5) is 26.0. The van der Waals surface area contributed by atoms with Gasteiger partial charge in [-0.2, -0.15) is 0 Å². The third kappa shape index (κ3) is 4.06. The van der Waals surface area contributed by atoms with E-state index in [4.69, 9.17) is 0 Å². The smallest absolute Gasteiger partial charge is 0.253 e. The van der Waals surface area contributed by atoms with E-state index in [1.165, 1.54) is 12.1 Å². The van der Waals surface area contributed by atoms with Gasteiger partial charge in [-0.3, -0.25) is 9.59 Å². The molecule has 1 aromatic rings. The van der Waals surface area contributed by atoms with Gasteiger partial charge in [0.05, 0.1) is 0 Å². The van der Waals surface area contributed by atoms with Gasteiger partial charge < -0.3 is 10.2 Å². The van der Waals surface area contributed by atoms with Crippen LogP contribution in [-0.4, -0.2) is 35.8 Å². The van der Waals surface area contributed by atoms with E-state index < -0.39 is 11.2 Å². The molecule has 0 radical (unpaired) electrons. The first-order valence-corrected chi connectivity index (χ1v) is 7.63. The zero-order chi connectivity index (χ0) is 16.3. The molecule has 1 aromatic carbocycles. The fourth-order valence-electron chi connectivity index (χ4n) is 2.43. The van der Waals surface area contributed by atoms with Crippen molar-refractivity contribution in [3.05, 3.63) is 35.6 Å². The van der Waals surface area contributed by atoms with Crippen LogP contribution >= 0.6 is 0 Å². The fraction of sp³-hybridized carbons (Fsp3) is 0.529. The van der Waals surface area contributed by atoms with Gasteiger partial charge in [-0.25, -0.2) is 4.39 Å². The van der Waals surface area contributed by atoms with Crippen LogP contribution in [0.1, 0.15) is 44.0 Å². The van der Waals surface area contributed by atoms with Crippen LogP contribution in [0.3, 0.4) is 0 Å². The van der Waals surface area contributed by atoms with Gasteiger partial charge in [-0.1, -0.05) is 26.8 Å². The minimum Gasteiger partial charge on any atom is -0.353 e. The zero-order valence-electron chi connectivity index (χ0n) is 13.4. The quantitative estimate of drug-likeness (QED) is 0.913. The summed E-state index contributed by atoms with van der Waals surface area (Å²) >= 11 is 0. The number of hydrogen-bond donors (Lipinski definition) is 1. The molecule has 0 aromatic heterocycles. The molecule has 2 rings (SSSR count). The number of amides is 2. The zero-order valence-corrected chi connectivity index (χ0v) is 13.4. The van der Waals surface area contributed by atoms with Crippen molar-refractivity contribution >= 4 is 11.8 Å². The molecule has 1 N–H and O–H groups in total. The Morgan fingerprint density at radius 2 is 1.86 bits per heavy atom. The maximum atomic E-state index is 13.2. The largest absolute Gasteiger partial charge is 0.353 e. The minimum atomic E-state index is -0.408. The van der Waals surface area contributed by atoms with Crippen molar-refractivity contribution in [2.24, 2.45) is 5.41 Å². The van der Waals surface area contributed by atoms with Crippen LogP contribution < -0.4 is 5.32 Å². The van der Waals surface area contributed by atoms with Crippen LogP contribution in [0.5, 0.6) is 0 Å². The lowest BCUT2D eigenvalue weighted by atomic mass is 9.94. The van der Waals surface area contributed by atoms with Crippen molar-refractivity contribution in [1.29, 1.82) is 0 Å². The predicted molar refractivity (Wildman–Crippen MR) is 82.9 cm³/mol. The van der Waals surface area contributed by atoms with Gasteiger partial charge in [-0.15, -0.1) is 0 Å². The number of rotatable bonds is 2. The molecular formula is C17H23FN2O2. The van der Waals surface area contributed by atoms with E-state index in [0.29, 0.717) is 18.7 Å². The molecule has 1 fully saturated rings. The van der Waals surface area contributed by atoms with Gasteiger partial charge in [0.2, 0.25) is 5.91 Å². The Hall–Kier alpha value is -1.91. The summed E-state index contributed by atoms with van der Waals surface area (Å²) in [6.07, 6.45) is 1.45.